The van der Waals surface area contributed by atoms with E-state index in [1.165, 1.54) is 0 Å². The Morgan fingerprint density at radius 1 is 1.35 bits per heavy atom. The third-order valence-electron chi connectivity index (χ3n) is 3.37. The Balaban J connectivity index is 1.70. The molecule has 2 rings (SSSR count). The van der Waals surface area contributed by atoms with Crippen molar-refractivity contribution in [2.75, 3.05) is 12.4 Å². The minimum absolute atomic E-state index is 0.0518. The molecule has 1 fully saturated rings. The second kappa shape index (κ2) is 4.78. The van der Waals surface area contributed by atoms with Crippen LogP contribution < -0.4 is 0 Å². The molecule has 0 spiro atoms. The molecular weight excluding hydrogens is 244 g/mol. The maximum atomic E-state index is 11.7. The van der Waals surface area contributed by atoms with Crippen LogP contribution in [-0.4, -0.2) is 31.3 Å². The summed E-state index contributed by atoms with van der Waals surface area (Å²) in [5, 5.41) is 0. The van der Waals surface area contributed by atoms with Gasteiger partial charge in [0.25, 0.3) is 10.1 Å². The predicted molar refractivity (Wildman–Crippen MR) is 60.8 cm³/mol. The predicted octanol–water partition coefficient (Wildman–Crippen LogP) is 1.02. The molecule has 2 aliphatic carbocycles. The molecule has 0 saturated heterocycles. The number of fused-ring (bicyclic) bond motifs is 2. The Morgan fingerprint density at radius 3 is 2.65 bits per heavy atom. The zero-order valence-electron chi connectivity index (χ0n) is 9.41. The fraction of sp³-hybridized carbons (Fsp3) is 0.727. The summed E-state index contributed by atoms with van der Waals surface area (Å²) in [7, 11) is -3.95. The van der Waals surface area contributed by atoms with Crippen molar-refractivity contribution < 1.29 is 22.5 Å². The van der Waals surface area contributed by atoms with Crippen molar-refractivity contribution in [1.29, 1.82) is 0 Å². The van der Waals surface area contributed by atoms with E-state index in [1.54, 1.807) is 0 Å². The first-order valence-corrected chi connectivity index (χ1v) is 7.37. The molecule has 0 radical (unpaired) electrons. The molecular formula is C11H16O5S. The van der Waals surface area contributed by atoms with E-state index in [0.717, 1.165) is 12.8 Å². The lowest BCUT2D eigenvalue weighted by Gasteiger charge is -2.16. The highest BCUT2D eigenvalue weighted by atomic mass is 32.2. The molecule has 3 atom stereocenters. The molecule has 2 aliphatic rings. The van der Waals surface area contributed by atoms with E-state index < -0.39 is 10.1 Å². The summed E-state index contributed by atoms with van der Waals surface area (Å²) < 4.78 is 34.4. The first-order valence-electron chi connectivity index (χ1n) is 5.76. The number of carbonyl (C=O) groups is 1. The van der Waals surface area contributed by atoms with E-state index in [9.17, 15) is 13.2 Å². The number of allylic oxidation sites excluding steroid dienone is 2. The quantitative estimate of drug-likeness (QED) is 0.345. The summed E-state index contributed by atoms with van der Waals surface area (Å²) in [5.41, 5.74) is 0. The molecule has 0 aromatic heterocycles. The lowest BCUT2D eigenvalue weighted by Crippen LogP contribution is -2.22. The van der Waals surface area contributed by atoms with Gasteiger partial charge in [-0.25, -0.2) is 0 Å². The molecule has 17 heavy (non-hydrogen) atoms. The monoisotopic (exact) mass is 260 g/mol. The lowest BCUT2D eigenvalue weighted by molar-refractivity contribution is -0.149. The standard InChI is InChI=1S/C11H16O5S/c12-11(16-4-1-5-17(13,14)15)10-7-8-2-3-9(10)6-8/h2-3,8-10H,1,4-7H2,(H,13,14,15). The largest absolute Gasteiger partial charge is 0.465 e. The van der Waals surface area contributed by atoms with Crippen LogP contribution in [-0.2, 0) is 19.6 Å². The van der Waals surface area contributed by atoms with Gasteiger partial charge in [0.05, 0.1) is 18.3 Å². The topological polar surface area (TPSA) is 80.7 Å². The fourth-order valence-electron chi connectivity index (χ4n) is 2.57. The Bertz CT molecular complexity index is 425. The summed E-state index contributed by atoms with van der Waals surface area (Å²) in [6.07, 6.45) is 6.23. The molecule has 0 heterocycles. The van der Waals surface area contributed by atoms with Crippen molar-refractivity contribution in [2.45, 2.75) is 19.3 Å². The SMILES string of the molecule is O=C(OCCCS(=O)(=O)O)C1CC2C=CC1C2. The minimum Gasteiger partial charge on any atom is -0.465 e. The molecule has 1 saturated carbocycles. The summed E-state index contributed by atoms with van der Waals surface area (Å²) in [6, 6.07) is 0. The first-order chi connectivity index (χ1) is 7.96. The van der Waals surface area contributed by atoms with Gasteiger partial charge in [-0.15, -0.1) is 0 Å². The van der Waals surface area contributed by atoms with E-state index in [4.69, 9.17) is 9.29 Å². The van der Waals surface area contributed by atoms with Gasteiger partial charge in [0.2, 0.25) is 0 Å². The molecule has 0 aromatic rings. The van der Waals surface area contributed by atoms with Crippen molar-refractivity contribution in [3.63, 3.8) is 0 Å². The molecule has 0 aliphatic heterocycles. The van der Waals surface area contributed by atoms with Crippen LogP contribution in [0.5, 0.6) is 0 Å². The molecule has 3 unspecified atom stereocenters. The van der Waals surface area contributed by atoms with Crippen molar-refractivity contribution in [2.24, 2.45) is 17.8 Å². The third-order valence-corrected chi connectivity index (χ3v) is 4.18. The van der Waals surface area contributed by atoms with Crippen molar-refractivity contribution in [1.82, 2.24) is 0 Å². The van der Waals surface area contributed by atoms with Crippen LogP contribution in [0.2, 0.25) is 0 Å². The highest BCUT2D eigenvalue weighted by Crippen LogP contribution is 2.43. The van der Waals surface area contributed by atoms with Gasteiger partial charge >= 0.3 is 5.97 Å². The van der Waals surface area contributed by atoms with Crippen LogP contribution in [0.4, 0.5) is 0 Å². The molecule has 2 bridgehead atoms. The van der Waals surface area contributed by atoms with Gasteiger partial charge in [-0.1, -0.05) is 12.2 Å². The second-order valence-electron chi connectivity index (χ2n) is 4.69. The Morgan fingerprint density at radius 2 is 2.12 bits per heavy atom. The maximum absolute atomic E-state index is 11.7. The van der Waals surface area contributed by atoms with Crippen molar-refractivity contribution in [3.05, 3.63) is 12.2 Å². The number of carbonyl (C=O) groups excluding carboxylic acids is 1. The summed E-state index contributed by atoms with van der Waals surface area (Å²) in [5.74, 6) is 0.147. The van der Waals surface area contributed by atoms with Gasteiger partial charge in [-0.2, -0.15) is 8.42 Å². The molecule has 96 valence electrons. The molecule has 6 heteroatoms. The highest BCUT2D eigenvalue weighted by Gasteiger charge is 2.40. The van der Waals surface area contributed by atoms with Crippen LogP contribution in [0.1, 0.15) is 19.3 Å². The van der Waals surface area contributed by atoms with Gasteiger partial charge < -0.3 is 4.74 Å². The average molecular weight is 260 g/mol. The van der Waals surface area contributed by atoms with Gasteiger partial charge in [0.1, 0.15) is 0 Å². The van der Waals surface area contributed by atoms with E-state index in [0.29, 0.717) is 11.8 Å². The maximum Gasteiger partial charge on any atom is 0.309 e. The van der Waals surface area contributed by atoms with Gasteiger partial charge in [0.15, 0.2) is 0 Å². The second-order valence-corrected chi connectivity index (χ2v) is 6.27. The van der Waals surface area contributed by atoms with E-state index >= 15 is 0 Å². The van der Waals surface area contributed by atoms with Crippen LogP contribution >= 0.6 is 0 Å². The number of hydrogen-bond acceptors (Lipinski definition) is 4. The average Bonchev–Trinajstić information content (AvgIpc) is 2.84. The Kier molecular flexibility index (Phi) is 3.53. The van der Waals surface area contributed by atoms with Gasteiger partial charge in [-0.05, 0) is 31.1 Å². The number of ether oxygens (including phenoxy) is 1. The molecule has 0 aromatic carbocycles. The summed E-state index contributed by atoms with van der Waals surface area (Å²) in [4.78, 5) is 11.7. The lowest BCUT2D eigenvalue weighted by atomic mass is 9.94. The third kappa shape index (κ3) is 3.29. The number of esters is 1. The van der Waals surface area contributed by atoms with Crippen LogP contribution in [0, 0.1) is 17.8 Å². The molecule has 0 amide bonds. The Labute approximate surface area is 101 Å². The highest BCUT2D eigenvalue weighted by molar-refractivity contribution is 7.85. The minimum atomic E-state index is -3.95. The summed E-state index contributed by atoms with van der Waals surface area (Å²) in [6.45, 7) is 0.0518. The number of hydrogen-bond donors (Lipinski definition) is 1. The fourth-order valence-corrected chi connectivity index (χ4v) is 3.06. The van der Waals surface area contributed by atoms with Gasteiger partial charge in [-0.3, -0.25) is 9.35 Å². The van der Waals surface area contributed by atoms with E-state index in [1.807, 2.05) is 0 Å². The van der Waals surface area contributed by atoms with E-state index in [2.05, 4.69) is 12.2 Å². The van der Waals surface area contributed by atoms with E-state index in [-0.39, 0.29) is 30.7 Å². The Hall–Kier alpha value is -0.880. The van der Waals surface area contributed by atoms with Crippen LogP contribution in [0.25, 0.3) is 0 Å². The van der Waals surface area contributed by atoms with Crippen LogP contribution in [0.15, 0.2) is 12.2 Å². The number of rotatable bonds is 5. The van der Waals surface area contributed by atoms with Crippen LogP contribution in [0.3, 0.4) is 0 Å². The first kappa shape index (κ1) is 12.6. The smallest absolute Gasteiger partial charge is 0.309 e. The normalized spacial score (nSPS) is 30.8. The van der Waals surface area contributed by atoms with Crippen molar-refractivity contribution >= 4 is 16.1 Å². The summed E-state index contributed by atoms with van der Waals surface area (Å²) >= 11 is 0. The van der Waals surface area contributed by atoms with Crippen molar-refractivity contribution in [3.8, 4) is 0 Å². The molecule has 1 N–H and O–H groups in total. The zero-order chi connectivity index (χ0) is 12.5. The zero-order valence-corrected chi connectivity index (χ0v) is 10.2. The molecule has 5 nitrogen and oxygen atoms in total. The van der Waals surface area contributed by atoms with Gasteiger partial charge in [0, 0.05) is 0 Å².